The Morgan fingerprint density at radius 2 is 1.65 bits per heavy atom. The van der Waals surface area contributed by atoms with Crippen LogP contribution in [-0.4, -0.2) is 49.6 Å². The second kappa shape index (κ2) is 7.84. The number of hydrogen-bond donors (Lipinski definition) is 1. The highest BCUT2D eigenvalue weighted by molar-refractivity contribution is 5.99. The summed E-state index contributed by atoms with van der Waals surface area (Å²) in [5.74, 6) is 0.267. The first-order valence-corrected chi connectivity index (χ1v) is 6.67. The number of benzene rings is 1. The van der Waals surface area contributed by atoms with Crippen LogP contribution in [0.2, 0.25) is 0 Å². The number of para-hydroxylation sites is 1. The number of hydrogen-bond acceptors (Lipinski definition) is 3. The normalized spacial score (nSPS) is 23.1. The van der Waals surface area contributed by atoms with Crippen molar-refractivity contribution in [1.29, 1.82) is 0 Å². The van der Waals surface area contributed by atoms with Crippen molar-refractivity contribution >= 4 is 36.4 Å². The maximum atomic E-state index is 12.5. The van der Waals surface area contributed by atoms with Crippen molar-refractivity contribution in [3.63, 3.8) is 0 Å². The van der Waals surface area contributed by atoms with Gasteiger partial charge in [0.1, 0.15) is 0 Å². The average Bonchev–Trinajstić information content (AvgIpc) is 2.83. The number of carbonyl (C=O) groups is 1. The minimum atomic E-state index is 0. The number of amides is 1. The first kappa shape index (κ1) is 17.2. The lowest BCUT2D eigenvalue weighted by molar-refractivity contribution is -0.121. The van der Waals surface area contributed by atoms with Crippen molar-refractivity contribution in [2.75, 3.05) is 37.6 Å². The summed E-state index contributed by atoms with van der Waals surface area (Å²) in [5.41, 5.74) is 1.03. The van der Waals surface area contributed by atoms with Crippen LogP contribution in [0.5, 0.6) is 0 Å². The molecule has 2 saturated heterocycles. The van der Waals surface area contributed by atoms with Gasteiger partial charge >= 0.3 is 0 Å². The molecule has 2 fully saturated rings. The molecule has 0 aliphatic carbocycles. The molecular formula is C14H21Cl2N3O. The van der Waals surface area contributed by atoms with Gasteiger partial charge in [-0.05, 0) is 18.6 Å². The van der Waals surface area contributed by atoms with E-state index < -0.39 is 0 Å². The van der Waals surface area contributed by atoms with E-state index in [1.807, 2.05) is 35.2 Å². The second-order valence-corrected chi connectivity index (χ2v) is 4.92. The van der Waals surface area contributed by atoms with Crippen molar-refractivity contribution in [1.82, 2.24) is 10.2 Å². The number of halogens is 2. The highest BCUT2D eigenvalue weighted by Crippen LogP contribution is 2.24. The van der Waals surface area contributed by atoms with Crippen LogP contribution in [0.25, 0.3) is 0 Å². The molecule has 1 atom stereocenters. The molecule has 20 heavy (non-hydrogen) atoms. The van der Waals surface area contributed by atoms with Crippen molar-refractivity contribution in [2.45, 2.75) is 12.5 Å². The average molecular weight is 318 g/mol. The van der Waals surface area contributed by atoms with E-state index in [1.165, 1.54) is 0 Å². The van der Waals surface area contributed by atoms with Gasteiger partial charge in [-0.2, -0.15) is 0 Å². The van der Waals surface area contributed by atoms with Gasteiger partial charge < -0.3 is 10.2 Å². The number of anilines is 1. The Morgan fingerprint density at radius 3 is 2.30 bits per heavy atom. The van der Waals surface area contributed by atoms with E-state index in [0.717, 1.165) is 44.8 Å². The number of nitrogens with one attached hydrogen (secondary N) is 1. The summed E-state index contributed by atoms with van der Waals surface area (Å²) in [7, 11) is 0. The van der Waals surface area contributed by atoms with E-state index in [-0.39, 0.29) is 36.8 Å². The summed E-state index contributed by atoms with van der Waals surface area (Å²) in [6, 6.07) is 10.1. The molecule has 1 aromatic rings. The zero-order valence-corrected chi connectivity index (χ0v) is 13.0. The van der Waals surface area contributed by atoms with E-state index in [2.05, 4.69) is 10.2 Å². The lowest BCUT2D eigenvalue weighted by Gasteiger charge is -2.31. The molecule has 1 aromatic carbocycles. The summed E-state index contributed by atoms with van der Waals surface area (Å²) in [4.78, 5) is 16.7. The summed E-state index contributed by atoms with van der Waals surface area (Å²) >= 11 is 0. The molecule has 2 aliphatic rings. The van der Waals surface area contributed by atoms with Crippen LogP contribution in [0.4, 0.5) is 5.69 Å². The molecule has 2 aliphatic heterocycles. The Bertz CT molecular complexity index is 424. The summed E-state index contributed by atoms with van der Waals surface area (Å²) in [5, 5.41) is 3.33. The third kappa shape index (κ3) is 3.44. The number of nitrogens with zero attached hydrogens (tertiary/aromatic N) is 2. The fourth-order valence-corrected chi connectivity index (χ4v) is 2.86. The van der Waals surface area contributed by atoms with Crippen molar-refractivity contribution in [3.8, 4) is 0 Å². The van der Waals surface area contributed by atoms with Crippen LogP contribution in [0.1, 0.15) is 6.42 Å². The minimum Gasteiger partial charge on any atom is -0.314 e. The van der Waals surface area contributed by atoms with Crippen molar-refractivity contribution in [3.05, 3.63) is 30.3 Å². The van der Waals surface area contributed by atoms with E-state index in [0.29, 0.717) is 0 Å². The highest BCUT2D eigenvalue weighted by Gasteiger charge is 2.36. The van der Waals surface area contributed by atoms with Gasteiger partial charge in [-0.1, -0.05) is 18.2 Å². The van der Waals surface area contributed by atoms with Crippen molar-refractivity contribution in [2.24, 2.45) is 0 Å². The third-order valence-electron chi connectivity index (χ3n) is 3.84. The fraction of sp³-hybridized carbons (Fsp3) is 0.500. The summed E-state index contributed by atoms with van der Waals surface area (Å²) < 4.78 is 0. The quantitative estimate of drug-likeness (QED) is 0.898. The molecule has 0 saturated carbocycles. The molecule has 0 spiro atoms. The van der Waals surface area contributed by atoms with Crippen LogP contribution < -0.4 is 10.2 Å². The molecule has 0 bridgehead atoms. The third-order valence-corrected chi connectivity index (χ3v) is 3.84. The van der Waals surface area contributed by atoms with E-state index >= 15 is 0 Å². The Kier molecular flexibility index (Phi) is 6.76. The Morgan fingerprint density at radius 1 is 1.00 bits per heavy atom. The molecule has 6 heteroatoms. The van der Waals surface area contributed by atoms with Crippen molar-refractivity contribution < 1.29 is 4.79 Å². The van der Waals surface area contributed by atoms with E-state index in [4.69, 9.17) is 0 Å². The molecule has 1 N–H and O–H groups in total. The van der Waals surface area contributed by atoms with Crippen LogP contribution in [-0.2, 0) is 4.79 Å². The minimum absolute atomic E-state index is 0. The first-order valence-electron chi connectivity index (χ1n) is 6.67. The lowest BCUT2D eigenvalue weighted by Crippen LogP contribution is -2.51. The van der Waals surface area contributed by atoms with Gasteiger partial charge in [0.2, 0.25) is 5.91 Å². The van der Waals surface area contributed by atoms with Gasteiger partial charge in [0.05, 0.1) is 6.04 Å². The monoisotopic (exact) mass is 317 g/mol. The zero-order valence-electron chi connectivity index (χ0n) is 11.3. The highest BCUT2D eigenvalue weighted by atomic mass is 35.5. The summed E-state index contributed by atoms with van der Waals surface area (Å²) in [6.45, 7) is 4.81. The molecule has 2 heterocycles. The number of carbonyl (C=O) groups excluding carboxylic acids is 1. The molecule has 1 unspecified atom stereocenters. The van der Waals surface area contributed by atoms with Gasteiger partial charge in [0.15, 0.2) is 0 Å². The predicted molar refractivity (Wildman–Crippen MR) is 86.1 cm³/mol. The largest absolute Gasteiger partial charge is 0.314 e. The smallest absolute Gasteiger partial charge is 0.244 e. The fourth-order valence-electron chi connectivity index (χ4n) is 2.86. The molecular weight excluding hydrogens is 297 g/mol. The Labute approximate surface area is 132 Å². The van der Waals surface area contributed by atoms with E-state index in [9.17, 15) is 4.79 Å². The second-order valence-electron chi connectivity index (χ2n) is 4.92. The standard InChI is InChI=1S/C14H19N3O.2ClH/c18-14-13(16-10-7-15-8-11-16)6-9-17(14)12-4-2-1-3-5-12;;/h1-5,13,15H,6-11H2;2*1H. The molecule has 0 radical (unpaired) electrons. The van der Waals surface area contributed by atoms with E-state index in [1.54, 1.807) is 0 Å². The molecule has 4 nitrogen and oxygen atoms in total. The number of piperazine rings is 1. The van der Waals surface area contributed by atoms with Crippen LogP contribution in [0.3, 0.4) is 0 Å². The molecule has 112 valence electrons. The molecule has 0 aromatic heterocycles. The molecule has 3 rings (SSSR count). The number of rotatable bonds is 2. The van der Waals surface area contributed by atoms with Crippen LogP contribution in [0, 0.1) is 0 Å². The maximum Gasteiger partial charge on any atom is 0.244 e. The maximum absolute atomic E-state index is 12.5. The van der Waals surface area contributed by atoms with Crippen LogP contribution in [0.15, 0.2) is 30.3 Å². The lowest BCUT2D eigenvalue weighted by atomic mass is 10.2. The van der Waals surface area contributed by atoms with Gasteiger partial charge in [-0.15, -0.1) is 24.8 Å². The van der Waals surface area contributed by atoms with Gasteiger partial charge in [0.25, 0.3) is 0 Å². The predicted octanol–water partition coefficient (Wildman–Crippen LogP) is 1.54. The van der Waals surface area contributed by atoms with Gasteiger partial charge in [-0.3, -0.25) is 9.69 Å². The molecule has 1 amide bonds. The Hall–Kier alpha value is -0.810. The SMILES string of the molecule is Cl.Cl.O=C1C(N2CCNCC2)CCN1c1ccccc1. The van der Waals surface area contributed by atoms with Gasteiger partial charge in [-0.25, -0.2) is 0 Å². The van der Waals surface area contributed by atoms with Crippen LogP contribution >= 0.6 is 24.8 Å². The Balaban J connectivity index is 0.000001000. The summed E-state index contributed by atoms with van der Waals surface area (Å²) in [6.07, 6.45) is 0.952. The first-order chi connectivity index (χ1) is 8.86. The topological polar surface area (TPSA) is 35.6 Å². The van der Waals surface area contributed by atoms with Gasteiger partial charge in [0, 0.05) is 38.4 Å². The zero-order chi connectivity index (χ0) is 12.4.